The largest absolute Gasteiger partial charge is 0.454 e. The van der Waals surface area contributed by atoms with Crippen molar-refractivity contribution in [1.82, 2.24) is 10.3 Å². The van der Waals surface area contributed by atoms with Crippen LogP contribution in [0, 0.1) is 0 Å². The van der Waals surface area contributed by atoms with Crippen LogP contribution in [0.5, 0.6) is 11.5 Å². The molecule has 10 heteroatoms. The number of thiazole rings is 1. The second kappa shape index (κ2) is 7.73. The smallest absolute Gasteiger partial charge is 0.254 e. The number of fused-ring (bicyclic) bond motifs is 2. The van der Waals surface area contributed by atoms with Crippen molar-refractivity contribution in [3.05, 3.63) is 53.4 Å². The molecule has 2 aliphatic heterocycles. The lowest BCUT2D eigenvalue weighted by Crippen LogP contribution is -2.43. The molecule has 2 aliphatic rings. The normalized spacial score (nSPS) is 16.7. The lowest BCUT2D eigenvalue weighted by Gasteiger charge is -2.13. The van der Waals surface area contributed by atoms with Gasteiger partial charge < -0.3 is 25.4 Å². The first-order chi connectivity index (χ1) is 15.1. The number of hydrogen-bond acceptors (Lipinski definition) is 7. The molecule has 0 fully saturated rings. The minimum absolute atomic E-state index is 0.188. The van der Waals surface area contributed by atoms with Crippen molar-refractivity contribution in [2.24, 2.45) is 0 Å². The lowest BCUT2D eigenvalue weighted by molar-refractivity contribution is -0.122. The number of ether oxygens (including phenoxy) is 2. The fourth-order valence-corrected chi connectivity index (χ4v) is 4.07. The van der Waals surface area contributed by atoms with E-state index in [0.717, 1.165) is 5.56 Å². The summed E-state index contributed by atoms with van der Waals surface area (Å²) in [6.45, 7) is 0.188. The van der Waals surface area contributed by atoms with Crippen LogP contribution < -0.4 is 25.4 Å². The molecule has 0 radical (unpaired) electrons. The maximum atomic E-state index is 12.5. The standard InChI is InChI=1S/C21H16N4O5S/c26-18(8-14-20(28)22-13-4-2-1-3-12(13)19(27)23-14)25-21-24-15(9-31-21)11-5-6-16-17(7-11)30-10-29-16/h1-7,9,14H,8,10H2,(H,22,28)(H,23,27)(H,24,25,26)/t14-/m0/s1. The molecule has 5 rings (SSSR count). The molecule has 9 nitrogen and oxygen atoms in total. The zero-order valence-corrected chi connectivity index (χ0v) is 16.8. The maximum absolute atomic E-state index is 12.5. The van der Waals surface area contributed by atoms with Gasteiger partial charge in [0, 0.05) is 10.9 Å². The average molecular weight is 436 g/mol. The summed E-state index contributed by atoms with van der Waals surface area (Å²) in [5.41, 5.74) is 2.27. The summed E-state index contributed by atoms with van der Waals surface area (Å²) in [6, 6.07) is 11.2. The summed E-state index contributed by atoms with van der Waals surface area (Å²) in [4.78, 5) is 41.8. The molecular formula is C21H16N4O5S. The van der Waals surface area contributed by atoms with Gasteiger partial charge in [0.05, 0.1) is 23.4 Å². The predicted octanol–water partition coefficient (Wildman–Crippen LogP) is 2.62. The summed E-state index contributed by atoms with van der Waals surface area (Å²) in [6.07, 6.45) is -0.218. The molecule has 156 valence electrons. The number of para-hydroxylation sites is 1. The van der Waals surface area contributed by atoms with Gasteiger partial charge in [0.2, 0.25) is 18.6 Å². The molecule has 0 saturated carbocycles. The predicted molar refractivity (Wildman–Crippen MR) is 113 cm³/mol. The van der Waals surface area contributed by atoms with Crippen LogP contribution in [0.4, 0.5) is 10.8 Å². The highest BCUT2D eigenvalue weighted by Crippen LogP contribution is 2.36. The molecule has 1 atom stereocenters. The van der Waals surface area contributed by atoms with E-state index in [9.17, 15) is 14.4 Å². The molecule has 0 unspecified atom stereocenters. The fourth-order valence-electron chi connectivity index (χ4n) is 3.33. The highest BCUT2D eigenvalue weighted by molar-refractivity contribution is 7.14. The third-order valence-electron chi connectivity index (χ3n) is 4.86. The van der Waals surface area contributed by atoms with E-state index in [-0.39, 0.29) is 13.2 Å². The Labute approximate surface area is 180 Å². The third kappa shape index (κ3) is 3.80. The van der Waals surface area contributed by atoms with Crippen molar-refractivity contribution in [3.63, 3.8) is 0 Å². The summed E-state index contributed by atoms with van der Waals surface area (Å²) in [7, 11) is 0. The van der Waals surface area contributed by atoms with Gasteiger partial charge in [-0.05, 0) is 30.3 Å². The summed E-state index contributed by atoms with van der Waals surface area (Å²) >= 11 is 1.26. The van der Waals surface area contributed by atoms with Gasteiger partial charge in [0.1, 0.15) is 6.04 Å². The Hall–Kier alpha value is -3.92. The molecule has 0 aliphatic carbocycles. The Kier molecular flexibility index (Phi) is 4.75. The first-order valence-corrected chi connectivity index (χ1v) is 10.3. The zero-order valence-electron chi connectivity index (χ0n) is 16.0. The number of hydrogen-bond donors (Lipinski definition) is 3. The van der Waals surface area contributed by atoms with Crippen molar-refractivity contribution in [2.45, 2.75) is 12.5 Å². The first kappa shape index (κ1) is 19.1. The van der Waals surface area contributed by atoms with Crippen molar-refractivity contribution >= 4 is 39.9 Å². The van der Waals surface area contributed by atoms with E-state index in [1.54, 1.807) is 30.3 Å². The topological polar surface area (TPSA) is 119 Å². The summed E-state index contributed by atoms with van der Waals surface area (Å²) < 4.78 is 10.7. The Morgan fingerprint density at radius 3 is 2.90 bits per heavy atom. The monoisotopic (exact) mass is 436 g/mol. The summed E-state index contributed by atoms with van der Waals surface area (Å²) in [5.74, 6) is 0.0308. The average Bonchev–Trinajstić information content (AvgIpc) is 3.39. The van der Waals surface area contributed by atoms with Crippen LogP contribution in [0.2, 0.25) is 0 Å². The maximum Gasteiger partial charge on any atom is 0.254 e. The number of carbonyl (C=O) groups excluding carboxylic acids is 3. The minimum Gasteiger partial charge on any atom is -0.454 e. The number of aromatic nitrogens is 1. The second-order valence-corrected chi connectivity index (χ2v) is 7.78. The van der Waals surface area contributed by atoms with E-state index in [0.29, 0.717) is 33.6 Å². The Balaban J connectivity index is 1.25. The molecule has 3 aromatic rings. The van der Waals surface area contributed by atoms with E-state index in [1.165, 1.54) is 11.3 Å². The number of carbonyl (C=O) groups is 3. The number of benzene rings is 2. The Morgan fingerprint density at radius 2 is 2.00 bits per heavy atom. The van der Waals surface area contributed by atoms with Crippen LogP contribution in [0.15, 0.2) is 47.8 Å². The Morgan fingerprint density at radius 1 is 1.16 bits per heavy atom. The highest BCUT2D eigenvalue weighted by Gasteiger charge is 2.29. The SMILES string of the molecule is O=C(C[C@@H]1NC(=O)c2ccccc2NC1=O)Nc1nc(-c2ccc3c(c2)OCO3)cs1. The molecule has 2 aromatic carbocycles. The van der Waals surface area contributed by atoms with Crippen LogP contribution >= 0.6 is 11.3 Å². The third-order valence-corrected chi connectivity index (χ3v) is 5.62. The number of rotatable bonds is 4. The molecule has 31 heavy (non-hydrogen) atoms. The number of nitrogens with zero attached hydrogens (tertiary/aromatic N) is 1. The van der Waals surface area contributed by atoms with E-state index in [4.69, 9.17) is 9.47 Å². The molecule has 0 bridgehead atoms. The minimum atomic E-state index is -0.992. The van der Waals surface area contributed by atoms with E-state index in [1.807, 2.05) is 17.5 Å². The molecule has 3 amide bonds. The van der Waals surface area contributed by atoms with Gasteiger partial charge in [-0.25, -0.2) is 4.98 Å². The molecular weight excluding hydrogens is 420 g/mol. The van der Waals surface area contributed by atoms with Crippen LogP contribution in [-0.2, 0) is 9.59 Å². The molecule has 0 saturated heterocycles. The van der Waals surface area contributed by atoms with Crippen molar-refractivity contribution < 1.29 is 23.9 Å². The van der Waals surface area contributed by atoms with E-state index in [2.05, 4.69) is 20.9 Å². The highest BCUT2D eigenvalue weighted by atomic mass is 32.1. The van der Waals surface area contributed by atoms with Crippen molar-refractivity contribution in [2.75, 3.05) is 17.4 Å². The number of amides is 3. The molecule has 1 aromatic heterocycles. The Bertz CT molecular complexity index is 1210. The number of anilines is 2. The molecule has 0 spiro atoms. The van der Waals surface area contributed by atoms with E-state index >= 15 is 0 Å². The van der Waals surface area contributed by atoms with Gasteiger partial charge in [-0.2, -0.15) is 0 Å². The van der Waals surface area contributed by atoms with Gasteiger partial charge in [-0.1, -0.05) is 12.1 Å². The van der Waals surface area contributed by atoms with Gasteiger partial charge in [0.15, 0.2) is 16.6 Å². The van der Waals surface area contributed by atoms with Crippen LogP contribution in [0.3, 0.4) is 0 Å². The van der Waals surface area contributed by atoms with E-state index < -0.39 is 23.8 Å². The van der Waals surface area contributed by atoms with Crippen LogP contribution in [0.1, 0.15) is 16.8 Å². The van der Waals surface area contributed by atoms with Crippen molar-refractivity contribution in [1.29, 1.82) is 0 Å². The first-order valence-electron chi connectivity index (χ1n) is 9.43. The number of nitrogens with one attached hydrogen (secondary N) is 3. The quantitative estimate of drug-likeness (QED) is 0.579. The van der Waals surface area contributed by atoms with Gasteiger partial charge >= 0.3 is 0 Å². The van der Waals surface area contributed by atoms with Crippen LogP contribution in [0.25, 0.3) is 11.3 Å². The summed E-state index contributed by atoms with van der Waals surface area (Å²) in [5, 5.41) is 10.2. The lowest BCUT2D eigenvalue weighted by atomic mass is 10.1. The second-order valence-electron chi connectivity index (χ2n) is 6.92. The van der Waals surface area contributed by atoms with Crippen LogP contribution in [-0.4, -0.2) is 35.5 Å². The van der Waals surface area contributed by atoms with Gasteiger partial charge in [-0.3, -0.25) is 14.4 Å². The molecule has 3 N–H and O–H groups in total. The molecule has 3 heterocycles. The van der Waals surface area contributed by atoms with Crippen molar-refractivity contribution in [3.8, 4) is 22.8 Å². The van der Waals surface area contributed by atoms with Gasteiger partial charge in [0.25, 0.3) is 5.91 Å². The van der Waals surface area contributed by atoms with Gasteiger partial charge in [-0.15, -0.1) is 11.3 Å². The fraction of sp³-hybridized carbons (Fsp3) is 0.143. The zero-order chi connectivity index (χ0) is 21.4.